The van der Waals surface area contributed by atoms with E-state index in [4.69, 9.17) is 4.74 Å². The van der Waals surface area contributed by atoms with E-state index in [1.165, 1.54) is 4.90 Å². The number of likely N-dealkylation sites (tertiary alicyclic amines) is 1. The Kier molecular flexibility index (Phi) is 3.95. The number of amides is 3. The Labute approximate surface area is 141 Å². The maximum absolute atomic E-state index is 13.0. The minimum atomic E-state index is -0.659. The molecule has 24 heavy (non-hydrogen) atoms. The zero-order valence-electron chi connectivity index (χ0n) is 14.0. The minimum Gasteiger partial charge on any atom is -0.378 e. The highest BCUT2D eigenvalue weighted by atomic mass is 16.5. The van der Waals surface area contributed by atoms with Crippen LogP contribution in [0.15, 0.2) is 12.2 Å². The van der Waals surface area contributed by atoms with E-state index in [1.54, 1.807) is 4.90 Å². The molecule has 0 radical (unpaired) electrons. The van der Waals surface area contributed by atoms with Crippen LogP contribution in [-0.2, 0) is 19.1 Å². The Hall–Kier alpha value is -1.69. The van der Waals surface area contributed by atoms with Crippen molar-refractivity contribution >= 4 is 17.7 Å². The summed E-state index contributed by atoms with van der Waals surface area (Å²) in [6.07, 6.45) is 6.63. The largest absolute Gasteiger partial charge is 0.378 e. The van der Waals surface area contributed by atoms with Crippen molar-refractivity contribution in [3.05, 3.63) is 12.2 Å². The van der Waals surface area contributed by atoms with Gasteiger partial charge in [0, 0.05) is 13.1 Å². The Bertz CT molecular complexity index is 564. The van der Waals surface area contributed by atoms with Crippen molar-refractivity contribution in [1.82, 2.24) is 9.80 Å². The molecule has 1 saturated carbocycles. The van der Waals surface area contributed by atoms with Crippen LogP contribution in [0.25, 0.3) is 0 Å². The van der Waals surface area contributed by atoms with Gasteiger partial charge in [0.25, 0.3) is 0 Å². The molecule has 0 spiro atoms. The number of rotatable bonds is 3. The Balaban J connectivity index is 1.59. The molecule has 2 aliphatic heterocycles. The third-order valence-electron chi connectivity index (χ3n) is 6.10. The summed E-state index contributed by atoms with van der Waals surface area (Å²) >= 11 is 0. The number of imide groups is 1. The van der Waals surface area contributed by atoms with Crippen LogP contribution in [0, 0.1) is 23.7 Å². The van der Waals surface area contributed by atoms with Crippen molar-refractivity contribution in [2.24, 2.45) is 23.7 Å². The number of hydrogen-bond acceptors (Lipinski definition) is 4. The van der Waals surface area contributed by atoms with Crippen LogP contribution < -0.4 is 0 Å². The van der Waals surface area contributed by atoms with Crippen molar-refractivity contribution in [2.75, 3.05) is 26.3 Å². The van der Waals surface area contributed by atoms with Crippen LogP contribution >= 0.6 is 0 Å². The molecule has 2 bridgehead atoms. The molecular weight excluding hydrogens is 308 g/mol. The molecule has 0 aromatic rings. The zero-order valence-corrected chi connectivity index (χ0v) is 14.0. The van der Waals surface area contributed by atoms with Crippen molar-refractivity contribution < 1.29 is 19.1 Å². The first-order valence-electron chi connectivity index (χ1n) is 9.05. The summed E-state index contributed by atoms with van der Waals surface area (Å²) in [7, 11) is 0. The van der Waals surface area contributed by atoms with Gasteiger partial charge in [0.2, 0.25) is 17.7 Å². The van der Waals surface area contributed by atoms with Gasteiger partial charge in [0.1, 0.15) is 6.04 Å². The average Bonchev–Trinajstić information content (AvgIpc) is 2.91. The van der Waals surface area contributed by atoms with Crippen LogP contribution in [0.2, 0.25) is 0 Å². The number of hydrogen-bond donors (Lipinski definition) is 0. The third-order valence-corrected chi connectivity index (χ3v) is 6.10. The molecule has 3 amide bonds. The number of ether oxygens (including phenoxy) is 1. The zero-order chi connectivity index (χ0) is 16.8. The van der Waals surface area contributed by atoms with Crippen molar-refractivity contribution in [1.29, 1.82) is 0 Å². The van der Waals surface area contributed by atoms with Crippen LogP contribution in [0.1, 0.15) is 26.2 Å². The molecule has 5 rings (SSSR count). The minimum absolute atomic E-state index is 0.110. The lowest BCUT2D eigenvalue weighted by molar-refractivity contribution is -0.153. The normalized spacial score (nSPS) is 36.2. The van der Waals surface area contributed by atoms with E-state index in [-0.39, 0.29) is 41.4 Å². The maximum Gasteiger partial charge on any atom is 0.246 e. The first-order chi connectivity index (χ1) is 11.6. The number of allylic oxidation sites excluding steroid dienone is 2. The van der Waals surface area contributed by atoms with Gasteiger partial charge in [-0.2, -0.15) is 0 Å². The van der Waals surface area contributed by atoms with E-state index >= 15 is 0 Å². The highest BCUT2D eigenvalue weighted by Gasteiger charge is 2.58. The molecule has 5 unspecified atom stereocenters. The summed E-state index contributed by atoms with van der Waals surface area (Å²) < 4.78 is 5.29. The van der Waals surface area contributed by atoms with Gasteiger partial charge in [-0.15, -0.1) is 0 Å². The molecule has 2 heterocycles. The molecule has 130 valence electrons. The quantitative estimate of drug-likeness (QED) is 0.567. The van der Waals surface area contributed by atoms with E-state index in [0.717, 1.165) is 12.8 Å². The molecule has 0 N–H and O–H groups in total. The van der Waals surface area contributed by atoms with Crippen molar-refractivity contribution in [3.8, 4) is 0 Å². The second-order valence-corrected chi connectivity index (χ2v) is 7.25. The number of fused-ring (bicyclic) bond motifs is 1. The van der Waals surface area contributed by atoms with E-state index < -0.39 is 6.04 Å². The summed E-state index contributed by atoms with van der Waals surface area (Å²) in [5.41, 5.74) is 0. The second-order valence-electron chi connectivity index (χ2n) is 7.25. The maximum atomic E-state index is 13.0. The first-order valence-corrected chi connectivity index (χ1v) is 9.05. The first kappa shape index (κ1) is 15.8. The topological polar surface area (TPSA) is 66.9 Å². The molecule has 5 atom stereocenters. The van der Waals surface area contributed by atoms with E-state index in [9.17, 15) is 14.4 Å². The Morgan fingerprint density at radius 1 is 1.12 bits per heavy atom. The number of nitrogens with zero attached hydrogens (tertiary/aromatic N) is 2. The predicted octanol–water partition coefficient (Wildman–Crippen LogP) is 0.821. The summed E-state index contributed by atoms with van der Waals surface area (Å²) in [5.74, 6) is -0.521. The monoisotopic (exact) mass is 332 g/mol. The molecule has 3 fully saturated rings. The fourth-order valence-electron chi connectivity index (χ4n) is 4.87. The van der Waals surface area contributed by atoms with Gasteiger partial charge in [0.05, 0.1) is 25.0 Å². The smallest absolute Gasteiger partial charge is 0.246 e. The third kappa shape index (κ3) is 2.23. The highest BCUT2D eigenvalue weighted by Crippen LogP contribution is 2.50. The van der Waals surface area contributed by atoms with Gasteiger partial charge >= 0.3 is 0 Å². The molecule has 2 saturated heterocycles. The van der Waals surface area contributed by atoms with Gasteiger partial charge in [-0.25, -0.2) is 0 Å². The van der Waals surface area contributed by atoms with Crippen LogP contribution in [0.4, 0.5) is 0 Å². The lowest BCUT2D eigenvalue weighted by Crippen LogP contribution is -2.53. The lowest BCUT2D eigenvalue weighted by Gasteiger charge is -2.38. The molecule has 0 aromatic carbocycles. The van der Waals surface area contributed by atoms with Crippen LogP contribution in [0.3, 0.4) is 0 Å². The van der Waals surface area contributed by atoms with Gasteiger partial charge in [0.15, 0.2) is 0 Å². The van der Waals surface area contributed by atoms with Crippen LogP contribution in [0.5, 0.6) is 0 Å². The number of carbonyl (C=O) groups excluding carboxylic acids is 3. The van der Waals surface area contributed by atoms with Gasteiger partial charge in [-0.05, 0) is 31.1 Å². The summed E-state index contributed by atoms with van der Waals surface area (Å²) in [6, 6.07) is -0.659. The molecule has 6 heteroatoms. The number of morpholine rings is 1. The lowest BCUT2D eigenvalue weighted by atomic mass is 9.63. The van der Waals surface area contributed by atoms with E-state index in [0.29, 0.717) is 32.7 Å². The highest BCUT2D eigenvalue weighted by molar-refractivity contribution is 6.09. The number of carbonyl (C=O) groups is 3. The second kappa shape index (κ2) is 5.99. The fourth-order valence-corrected chi connectivity index (χ4v) is 4.87. The average molecular weight is 332 g/mol. The summed E-state index contributed by atoms with van der Waals surface area (Å²) in [5, 5.41) is 0. The van der Waals surface area contributed by atoms with Crippen molar-refractivity contribution in [2.45, 2.75) is 32.2 Å². The van der Waals surface area contributed by atoms with Crippen LogP contribution in [-0.4, -0.2) is 59.9 Å². The molecule has 3 aliphatic carbocycles. The van der Waals surface area contributed by atoms with Gasteiger partial charge in [-0.1, -0.05) is 19.1 Å². The van der Waals surface area contributed by atoms with E-state index in [2.05, 4.69) is 12.2 Å². The molecule has 0 aromatic heterocycles. The molecular formula is C18H24N2O4. The van der Waals surface area contributed by atoms with Gasteiger partial charge in [-0.3, -0.25) is 19.3 Å². The molecule has 6 nitrogen and oxygen atoms in total. The molecule has 5 aliphatic rings. The summed E-state index contributed by atoms with van der Waals surface area (Å²) in [4.78, 5) is 41.9. The Morgan fingerprint density at radius 3 is 2.12 bits per heavy atom. The van der Waals surface area contributed by atoms with E-state index in [1.807, 2.05) is 6.92 Å². The fraction of sp³-hybridized carbons (Fsp3) is 0.722. The van der Waals surface area contributed by atoms with Gasteiger partial charge < -0.3 is 9.64 Å². The summed E-state index contributed by atoms with van der Waals surface area (Å²) in [6.45, 7) is 3.97. The van der Waals surface area contributed by atoms with Crippen molar-refractivity contribution in [3.63, 3.8) is 0 Å². The Morgan fingerprint density at radius 2 is 1.67 bits per heavy atom. The SMILES string of the molecule is CCC(C(=O)N1CCOCC1)N1C(=O)C2C3C=CC(CC3)C2C1=O. The standard InChI is InChI=1S/C18H24N2O4/c1-2-13(16(21)19-7-9-24-10-8-19)20-17(22)14-11-3-4-12(6-5-11)15(14)18(20)23/h3-4,11-15H,2,5-10H2,1H3. The predicted molar refractivity (Wildman–Crippen MR) is 85.7 cm³/mol.